The fraction of sp³-hybridized carbons (Fsp3) is 0.438. The van der Waals surface area contributed by atoms with E-state index in [-0.39, 0.29) is 19.2 Å². The quantitative estimate of drug-likeness (QED) is 0.781. The van der Waals surface area contributed by atoms with E-state index in [9.17, 15) is 10.4 Å². The largest absolute Gasteiger partial charge is 0.479 e. The Morgan fingerprint density at radius 3 is 2.68 bits per heavy atom. The molecule has 0 bridgehead atoms. The summed E-state index contributed by atoms with van der Waals surface area (Å²) in [7, 11) is 3.04. The third kappa shape index (κ3) is 2.80. The molecule has 25 heavy (non-hydrogen) atoms. The fourth-order valence-corrected chi connectivity index (χ4v) is 3.21. The zero-order valence-corrected chi connectivity index (χ0v) is 13.9. The average Bonchev–Trinajstić information content (AvgIpc) is 3.02. The molecular weight excluding hydrogens is 326 g/mol. The molecule has 2 aromatic rings. The summed E-state index contributed by atoms with van der Waals surface area (Å²) in [6.45, 7) is 0.194. The summed E-state index contributed by atoms with van der Waals surface area (Å²) < 4.78 is 18.2. The molecule has 1 aliphatic heterocycles. The number of aromatic nitrogens is 3. The van der Waals surface area contributed by atoms with Gasteiger partial charge in [-0.25, -0.2) is 0 Å². The zero-order chi connectivity index (χ0) is 18.0. The van der Waals surface area contributed by atoms with Crippen LogP contribution >= 0.6 is 0 Å². The Kier molecular flexibility index (Phi) is 4.59. The molecule has 2 heterocycles. The second-order valence-electron chi connectivity index (χ2n) is 5.88. The second kappa shape index (κ2) is 6.68. The van der Waals surface area contributed by atoms with Gasteiger partial charge in [0.05, 0.1) is 30.9 Å². The van der Waals surface area contributed by atoms with Gasteiger partial charge in [-0.2, -0.15) is 5.26 Å². The van der Waals surface area contributed by atoms with E-state index in [2.05, 4.69) is 16.3 Å². The summed E-state index contributed by atoms with van der Waals surface area (Å²) in [5, 5.41) is 27.9. The molecule has 9 nitrogen and oxygen atoms in total. The van der Waals surface area contributed by atoms with Crippen LogP contribution in [0.3, 0.4) is 0 Å². The number of nitrogen functional groups attached to an aromatic ring is 1. The van der Waals surface area contributed by atoms with Crippen LogP contribution < -0.4 is 10.5 Å². The van der Waals surface area contributed by atoms with Gasteiger partial charge >= 0.3 is 0 Å². The van der Waals surface area contributed by atoms with Crippen molar-refractivity contribution >= 4 is 5.95 Å². The van der Waals surface area contributed by atoms with Crippen molar-refractivity contribution in [3.63, 3.8) is 0 Å². The molecule has 1 aromatic heterocycles. The molecule has 0 aliphatic carbocycles. The van der Waals surface area contributed by atoms with E-state index in [0.29, 0.717) is 16.9 Å². The minimum Gasteiger partial charge on any atom is -0.479 e. The van der Waals surface area contributed by atoms with Gasteiger partial charge in [0, 0.05) is 19.8 Å². The Hall–Kier alpha value is -2.67. The number of ether oxygens (including phenoxy) is 3. The molecule has 0 radical (unpaired) electrons. The number of anilines is 1. The average molecular weight is 345 g/mol. The van der Waals surface area contributed by atoms with Gasteiger partial charge in [0.25, 0.3) is 0 Å². The summed E-state index contributed by atoms with van der Waals surface area (Å²) in [6.07, 6.45) is 0.356. The summed E-state index contributed by atoms with van der Waals surface area (Å²) >= 11 is 0. The van der Waals surface area contributed by atoms with Gasteiger partial charge in [0.15, 0.2) is 5.60 Å². The van der Waals surface area contributed by atoms with Crippen LogP contribution in [0, 0.1) is 11.3 Å². The molecule has 9 heteroatoms. The molecular formula is C16H19N5O4. The Bertz CT molecular complexity index is 794. The van der Waals surface area contributed by atoms with Crippen LogP contribution in [-0.2, 0) is 9.47 Å². The predicted molar refractivity (Wildman–Crippen MR) is 86.8 cm³/mol. The van der Waals surface area contributed by atoms with Crippen molar-refractivity contribution in [1.82, 2.24) is 14.8 Å². The van der Waals surface area contributed by atoms with Gasteiger partial charge in [-0.05, 0) is 18.2 Å². The van der Waals surface area contributed by atoms with Crippen LogP contribution in [-0.4, -0.2) is 59.0 Å². The minimum atomic E-state index is -1.15. The first kappa shape index (κ1) is 17.2. The van der Waals surface area contributed by atoms with Crippen molar-refractivity contribution in [1.29, 1.82) is 5.26 Å². The topological polar surface area (TPSA) is 128 Å². The highest BCUT2D eigenvalue weighted by Crippen LogP contribution is 2.43. The van der Waals surface area contributed by atoms with Crippen LogP contribution in [0.5, 0.6) is 5.75 Å². The monoisotopic (exact) mass is 345 g/mol. The van der Waals surface area contributed by atoms with Crippen molar-refractivity contribution in [3.8, 4) is 11.8 Å². The van der Waals surface area contributed by atoms with Crippen LogP contribution in [0.2, 0.25) is 0 Å². The number of rotatable bonds is 5. The summed E-state index contributed by atoms with van der Waals surface area (Å²) in [5.74, 6) is 0.652. The molecule has 2 atom stereocenters. The summed E-state index contributed by atoms with van der Waals surface area (Å²) in [6, 6.07) is 6.42. The zero-order valence-electron chi connectivity index (χ0n) is 13.9. The predicted octanol–water partition coefficient (Wildman–Crippen LogP) is 0.106. The smallest absolute Gasteiger partial charge is 0.222 e. The van der Waals surface area contributed by atoms with Gasteiger partial charge in [-0.1, -0.05) is 0 Å². The molecule has 0 unspecified atom stereocenters. The molecule has 1 aromatic carbocycles. The number of methoxy groups -OCH3 is 2. The van der Waals surface area contributed by atoms with E-state index < -0.39 is 17.7 Å². The first-order chi connectivity index (χ1) is 12.1. The van der Waals surface area contributed by atoms with E-state index >= 15 is 0 Å². The van der Waals surface area contributed by atoms with Gasteiger partial charge in [0.1, 0.15) is 18.2 Å². The Morgan fingerprint density at radius 2 is 2.12 bits per heavy atom. The van der Waals surface area contributed by atoms with Crippen LogP contribution in [0.15, 0.2) is 24.5 Å². The van der Waals surface area contributed by atoms with Crippen molar-refractivity contribution in [2.75, 3.05) is 33.2 Å². The van der Waals surface area contributed by atoms with Crippen molar-refractivity contribution in [3.05, 3.63) is 35.7 Å². The number of aliphatic hydroxyl groups excluding tert-OH is 1. The number of nitrogens with two attached hydrogens (primary N) is 1. The molecule has 132 valence electrons. The first-order valence-electron chi connectivity index (χ1n) is 7.60. The third-order valence-corrected chi connectivity index (χ3v) is 4.29. The molecule has 0 amide bonds. The normalized spacial score (nSPS) is 21.2. The maximum absolute atomic E-state index is 11.1. The standard InChI is InChI=1S/C16H19N5O4/c1-23-7-16(8-24-2)14(22)13(21-9-19-20-15(21)18)11-5-10(6-17)3-4-12(11)25-16/h3-5,9,13-14,22H,7-8H2,1-2H3,(H2,18,20)/t13-,14+/m1/s1. The van der Waals surface area contributed by atoms with E-state index in [4.69, 9.17) is 19.9 Å². The molecule has 0 fully saturated rings. The van der Waals surface area contributed by atoms with Crippen LogP contribution in [0.25, 0.3) is 0 Å². The van der Waals surface area contributed by atoms with E-state index in [1.807, 2.05) is 0 Å². The summed E-state index contributed by atoms with van der Waals surface area (Å²) in [4.78, 5) is 0. The number of hydrogen-bond acceptors (Lipinski definition) is 8. The molecule has 0 saturated carbocycles. The molecule has 1 aliphatic rings. The summed E-state index contributed by atoms with van der Waals surface area (Å²) in [5.41, 5.74) is 5.81. The lowest BCUT2D eigenvalue weighted by molar-refractivity contribution is -0.148. The fourth-order valence-electron chi connectivity index (χ4n) is 3.21. The maximum atomic E-state index is 11.1. The van der Waals surface area contributed by atoms with Crippen LogP contribution in [0.1, 0.15) is 17.2 Å². The van der Waals surface area contributed by atoms with E-state index in [1.165, 1.54) is 20.5 Å². The number of aliphatic hydroxyl groups is 1. The van der Waals surface area contributed by atoms with Gasteiger partial charge in [0.2, 0.25) is 5.95 Å². The lowest BCUT2D eigenvalue weighted by Gasteiger charge is -2.45. The van der Waals surface area contributed by atoms with Gasteiger partial charge < -0.3 is 25.1 Å². The van der Waals surface area contributed by atoms with Gasteiger partial charge in [-0.3, -0.25) is 4.57 Å². The third-order valence-electron chi connectivity index (χ3n) is 4.29. The molecule has 3 N–H and O–H groups in total. The number of nitriles is 1. The van der Waals surface area contributed by atoms with Crippen molar-refractivity contribution in [2.24, 2.45) is 0 Å². The Labute approximate surface area is 144 Å². The second-order valence-corrected chi connectivity index (χ2v) is 5.88. The SMILES string of the molecule is COCC1(COC)Oc2ccc(C#N)cc2[C@@H](n2cnnc2N)[C@@H]1O. The van der Waals surface area contributed by atoms with E-state index in [1.54, 1.807) is 22.8 Å². The highest BCUT2D eigenvalue weighted by atomic mass is 16.6. The highest BCUT2D eigenvalue weighted by Gasteiger charge is 2.51. The minimum absolute atomic E-state index is 0.0972. The Balaban J connectivity index is 2.20. The van der Waals surface area contributed by atoms with Crippen molar-refractivity contribution in [2.45, 2.75) is 17.7 Å². The number of benzene rings is 1. The van der Waals surface area contributed by atoms with Gasteiger partial charge in [-0.15, -0.1) is 10.2 Å². The van der Waals surface area contributed by atoms with Crippen LogP contribution in [0.4, 0.5) is 5.95 Å². The number of nitrogens with zero attached hydrogens (tertiary/aromatic N) is 4. The Morgan fingerprint density at radius 1 is 1.40 bits per heavy atom. The lowest BCUT2D eigenvalue weighted by Crippen LogP contribution is -2.60. The number of fused-ring (bicyclic) bond motifs is 1. The first-order valence-corrected chi connectivity index (χ1v) is 7.60. The lowest BCUT2D eigenvalue weighted by atomic mass is 9.84. The highest BCUT2D eigenvalue weighted by molar-refractivity contribution is 5.47. The molecule has 0 saturated heterocycles. The van der Waals surface area contributed by atoms with Crippen molar-refractivity contribution < 1.29 is 19.3 Å². The number of hydrogen-bond donors (Lipinski definition) is 2. The molecule has 0 spiro atoms. The maximum Gasteiger partial charge on any atom is 0.222 e. The molecule has 3 rings (SSSR count). The van der Waals surface area contributed by atoms with E-state index in [0.717, 1.165) is 0 Å².